The summed E-state index contributed by atoms with van der Waals surface area (Å²) in [6, 6.07) is 0.216. The molecule has 0 spiro atoms. The van der Waals surface area contributed by atoms with Gasteiger partial charge in [0, 0.05) is 12.0 Å². The monoisotopic (exact) mass is 227 g/mol. The number of carbonyl (C=O) groups excluding carboxylic acids is 2. The Bertz CT molecular complexity index is 281. The molecule has 0 bridgehead atoms. The highest BCUT2D eigenvalue weighted by Gasteiger charge is 2.31. The van der Waals surface area contributed by atoms with Gasteiger partial charge in [0.15, 0.2) is 0 Å². The van der Waals surface area contributed by atoms with Gasteiger partial charge in [0.2, 0.25) is 11.8 Å². The SMILES string of the molecule is CC(C)(NC(=O)C1CCC(N)CC1)C(N)=O. The summed E-state index contributed by atoms with van der Waals surface area (Å²) in [7, 11) is 0. The molecule has 0 aromatic heterocycles. The Morgan fingerprint density at radius 3 is 2.12 bits per heavy atom. The van der Waals surface area contributed by atoms with E-state index >= 15 is 0 Å². The number of hydrogen-bond donors (Lipinski definition) is 3. The Morgan fingerprint density at radius 1 is 1.19 bits per heavy atom. The van der Waals surface area contributed by atoms with Gasteiger partial charge in [-0.15, -0.1) is 0 Å². The highest BCUT2D eigenvalue weighted by Crippen LogP contribution is 2.23. The van der Waals surface area contributed by atoms with E-state index in [9.17, 15) is 9.59 Å². The fourth-order valence-corrected chi connectivity index (χ4v) is 1.85. The van der Waals surface area contributed by atoms with Crippen molar-refractivity contribution < 1.29 is 9.59 Å². The third-order valence-corrected chi connectivity index (χ3v) is 3.19. The van der Waals surface area contributed by atoms with Crippen molar-refractivity contribution >= 4 is 11.8 Å². The summed E-state index contributed by atoms with van der Waals surface area (Å²) in [4.78, 5) is 22.9. The quantitative estimate of drug-likeness (QED) is 0.627. The zero-order valence-electron chi connectivity index (χ0n) is 9.95. The number of nitrogens with one attached hydrogen (secondary N) is 1. The summed E-state index contributed by atoms with van der Waals surface area (Å²) >= 11 is 0. The Balaban J connectivity index is 2.50. The number of nitrogens with two attached hydrogens (primary N) is 2. The van der Waals surface area contributed by atoms with Gasteiger partial charge in [-0.1, -0.05) is 0 Å². The Labute approximate surface area is 95.9 Å². The van der Waals surface area contributed by atoms with Crippen molar-refractivity contribution in [1.29, 1.82) is 0 Å². The minimum absolute atomic E-state index is 0.0292. The summed E-state index contributed by atoms with van der Waals surface area (Å²) < 4.78 is 0. The third-order valence-electron chi connectivity index (χ3n) is 3.19. The van der Waals surface area contributed by atoms with Gasteiger partial charge < -0.3 is 16.8 Å². The zero-order chi connectivity index (χ0) is 12.3. The molecule has 0 unspecified atom stereocenters. The lowest BCUT2D eigenvalue weighted by Gasteiger charge is -2.29. The first-order valence-corrected chi connectivity index (χ1v) is 5.70. The van der Waals surface area contributed by atoms with Crippen LogP contribution in [0.15, 0.2) is 0 Å². The molecule has 2 amide bonds. The Hall–Kier alpha value is -1.10. The number of carbonyl (C=O) groups is 2. The molecular weight excluding hydrogens is 206 g/mol. The van der Waals surface area contributed by atoms with E-state index in [0.29, 0.717) is 0 Å². The van der Waals surface area contributed by atoms with Crippen molar-refractivity contribution in [2.24, 2.45) is 17.4 Å². The predicted molar refractivity (Wildman–Crippen MR) is 61.3 cm³/mol. The molecule has 5 nitrogen and oxygen atoms in total. The van der Waals surface area contributed by atoms with Crippen molar-refractivity contribution in [2.45, 2.75) is 51.1 Å². The van der Waals surface area contributed by atoms with Crippen LogP contribution >= 0.6 is 0 Å². The van der Waals surface area contributed by atoms with Crippen LogP contribution in [0.4, 0.5) is 0 Å². The van der Waals surface area contributed by atoms with Crippen LogP contribution in [0, 0.1) is 5.92 Å². The first-order valence-electron chi connectivity index (χ1n) is 5.70. The fraction of sp³-hybridized carbons (Fsp3) is 0.818. The van der Waals surface area contributed by atoms with Crippen LogP contribution < -0.4 is 16.8 Å². The highest BCUT2D eigenvalue weighted by molar-refractivity contribution is 5.90. The molecule has 0 saturated heterocycles. The maximum atomic E-state index is 11.9. The molecule has 1 aliphatic carbocycles. The number of rotatable bonds is 3. The average molecular weight is 227 g/mol. The molecule has 0 atom stereocenters. The molecule has 5 N–H and O–H groups in total. The summed E-state index contributed by atoms with van der Waals surface area (Å²) in [5.74, 6) is -0.637. The maximum Gasteiger partial charge on any atom is 0.242 e. The molecule has 1 fully saturated rings. The molecule has 5 heteroatoms. The van der Waals surface area contributed by atoms with Crippen LogP contribution in [0.2, 0.25) is 0 Å². The van der Waals surface area contributed by atoms with Crippen molar-refractivity contribution in [3.63, 3.8) is 0 Å². The van der Waals surface area contributed by atoms with E-state index in [1.165, 1.54) is 0 Å². The molecule has 16 heavy (non-hydrogen) atoms. The van der Waals surface area contributed by atoms with Gasteiger partial charge in [0.25, 0.3) is 0 Å². The summed E-state index contributed by atoms with van der Waals surface area (Å²) in [5, 5.41) is 2.69. The minimum Gasteiger partial charge on any atom is -0.368 e. The van der Waals surface area contributed by atoms with Crippen LogP contribution in [0.3, 0.4) is 0 Å². The largest absolute Gasteiger partial charge is 0.368 e. The molecule has 0 radical (unpaired) electrons. The molecule has 1 rings (SSSR count). The van der Waals surface area contributed by atoms with Gasteiger partial charge in [-0.25, -0.2) is 0 Å². The van der Waals surface area contributed by atoms with Crippen molar-refractivity contribution in [3.05, 3.63) is 0 Å². The standard InChI is InChI=1S/C11H21N3O2/c1-11(2,10(13)16)14-9(15)7-3-5-8(12)6-4-7/h7-8H,3-6,12H2,1-2H3,(H2,13,16)(H,14,15). The molecular formula is C11H21N3O2. The first kappa shape index (κ1) is 13.0. The number of hydrogen-bond acceptors (Lipinski definition) is 3. The van der Waals surface area contributed by atoms with E-state index in [2.05, 4.69) is 5.32 Å². The average Bonchev–Trinajstić information content (AvgIpc) is 2.17. The van der Waals surface area contributed by atoms with E-state index in [1.807, 2.05) is 0 Å². The van der Waals surface area contributed by atoms with E-state index < -0.39 is 11.4 Å². The lowest BCUT2D eigenvalue weighted by atomic mass is 9.85. The van der Waals surface area contributed by atoms with Gasteiger partial charge in [-0.2, -0.15) is 0 Å². The topological polar surface area (TPSA) is 98.2 Å². The Kier molecular flexibility index (Phi) is 3.91. The highest BCUT2D eigenvalue weighted by atomic mass is 16.2. The van der Waals surface area contributed by atoms with Crippen LogP contribution in [0.1, 0.15) is 39.5 Å². The van der Waals surface area contributed by atoms with E-state index in [4.69, 9.17) is 11.5 Å². The van der Waals surface area contributed by atoms with Crippen LogP contribution in [0.5, 0.6) is 0 Å². The normalized spacial score (nSPS) is 26.2. The molecule has 1 aliphatic rings. The second kappa shape index (κ2) is 4.82. The second-order valence-electron chi connectivity index (χ2n) is 5.09. The molecule has 0 heterocycles. The molecule has 0 aromatic carbocycles. The molecule has 0 aromatic rings. The van der Waals surface area contributed by atoms with Crippen molar-refractivity contribution in [3.8, 4) is 0 Å². The molecule has 92 valence electrons. The third kappa shape index (κ3) is 3.20. The maximum absolute atomic E-state index is 11.9. The van der Waals surface area contributed by atoms with E-state index in [1.54, 1.807) is 13.8 Å². The number of primary amides is 1. The molecule has 1 saturated carbocycles. The predicted octanol–water partition coefficient (Wildman–Crippen LogP) is -0.116. The van der Waals surface area contributed by atoms with E-state index in [-0.39, 0.29) is 17.9 Å². The van der Waals surface area contributed by atoms with E-state index in [0.717, 1.165) is 25.7 Å². The van der Waals surface area contributed by atoms with Crippen molar-refractivity contribution in [1.82, 2.24) is 5.32 Å². The summed E-state index contributed by atoms with van der Waals surface area (Å²) in [5.41, 5.74) is 9.99. The smallest absolute Gasteiger partial charge is 0.242 e. The van der Waals surface area contributed by atoms with Gasteiger partial charge >= 0.3 is 0 Å². The second-order valence-corrected chi connectivity index (χ2v) is 5.09. The summed E-state index contributed by atoms with van der Waals surface area (Å²) in [6.45, 7) is 3.23. The minimum atomic E-state index is -0.976. The number of amides is 2. The summed E-state index contributed by atoms with van der Waals surface area (Å²) in [6.07, 6.45) is 3.33. The van der Waals surface area contributed by atoms with Crippen LogP contribution in [0.25, 0.3) is 0 Å². The van der Waals surface area contributed by atoms with Gasteiger partial charge in [0.05, 0.1) is 0 Å². The van der Waals surface area contributed by atoms with Gasteiger partial charge in [-0.3, -0.25) is 9.59 Å². The molecule has 0 aliphatic heterocycles. The van der Waals surface area contributed by atoms with Gasteiger partial charge in [0.1, 0.15) is 5.54 Å². The Morgan fingerprint density at radius 2 is 1.69 bits per heavy atom. The fourth-order valence-electron chi connectivity index (χ4n) is 1.85. The zero-order valence-corrected chi connectivity index (χ0v) is 9.95. The lowest BCUT2D eigenvalue weighted by Crippen LogP contribution is -2.54. The van der Waals surface area contributed by atoms with Crippen LogP contribution in [-0.4, -0.2) is 23.4 Å². The van der Waals surface area contributed by atoms with Crippen molar-refractivity contribution in [2.75, 3.05) is 0 Å². The first-order chi connectivity index (χ1) is 7.33. The lowest BCUT2D eigenvalue weighted by molar-refractivity contribution is -0.133. The van der Waals surface area contributed by atoms with Crippen LogP contribution in [-0.2, 0) is 9.59 Å². The van der Waals surface area contributed by atoms with Gasteiger partial charge in [-0.05, 0) is 39.5 Å².